The van der Waals surface area contributed by atoms with Gasteiger partial charge >= 0.3 is 5.97 Å². The largest absolute Gasteiger partial charge is 0.478 e. The highest BCUT2D eigenvalue weighted by Gasteiger charge is 2.11. The third-order valence-electron chi connectivity index (χ3n) is 3.07. The third-order valence-corrected chi connectivity index (χ3v) is 3.33. The van der Waals surface area contributed by atoms with Crippen molar-refractivity contribution < 1.29 is 9.90 Å². The van der Waals surface area contributed by atoms with Crippen molar-refractivity contribution in [1.82, 2.24) is 25.1 Å². The minimum absolute atomic E-state index is 0.217. The summed E-state index contributed by atoms with van der Waals surface area (Å²) in [4.78, 5) is 10.8. The Labute approximate surface area is 135 Å². The Balaban J connectivity index is 1.92. The van der Waals surface area contributed by atoms with Gasteiger partial charge < -0.3 is 5.11 Å². The van der Waals surface area contributed by atoms with E-state index in [0.29, 0.717) is 16.3 Å². The third kappa shape index (κ3) is 3.09. The predicted octanol–water partition coefficient (Wildman–Crippen LogP) is 2.22. The number of aromatic carboxylic acids is 1. The highest BCUT2D eigenvalue weighted by Crippen LogP contribution is 2.15. The first-order valence-corrected chi connectivity index (χ1v) is 7.03. The number of rotatable bonds is 4. The summed E-state index contributed by atoms with van der Waals surface area (Å²) in [6.45, 7) is 1.88. The van der Waals surface area contributed by atoms with Crippen LogP contribution in [0.15, 0.2) is 35.4 Å². The van der Waals surface area contributed by atoms with Crippen molar-refractivity contribution in [1.29, 1.82) is 0 Å². The van der Waals surface area contributed by atoms with Crippen LogP contribution in [-0.2, 0) is 0 Å². The first kappa shape index (κ1) is 14.9. The fourth-order valence-corrected chi connectivity index (χ4v) is 2.11. The summed E-state index contributed by atoms with van der Waals surface area (Å²) in [7, 11) is 0. The maximum Gasteiger partial charge on any atom is 0.335 e. The SMILES string of the molecule is Cc1cc(-c2n[nH]c(=S)n2N=Cc2ccc(C(=O)O)cc2)n[nH]1. The molecule has 23 heavy (non-hydrogen) atoms. The van der Waals surface area contributed by atoms with Crippen LogP contribution in [0.1, 0.15) is 21.6 Å². The number of H-pyrrole nitrogens is 2. The number of aromatic amines is 2. The average Bonchev–Trinajstić information content (AvgIpc) is 3.11. The molecule has 0 unspecified atom stereocenters. The Hall–Kier alpha value is -3.07. The summed E-state index contributed by atoms with van der Waals surface area (Å²) < 4.78 is 1.79. The van der Waals surface area contributed by atoms with Gasteiger partial charge in [0.05, 0.1) is 11.8 Å². The molecule has 0 aliphatic rings. The molecule has 116 valence electrons. The molecule has 0 spiro atoms. The van der Waals surface area contributed by atoms with Crippen LogP contribution < -0.4 is 0 Å². The van der Waals surface area contributed by atoms with E-state index in [1.807, 2.05) is 13.0 Å². The fourth-order valence-electron chi connectivity index (χ4n) is 1.93. The van der Waals surface area contributed by atoms with Crippen molar-refractivity contribution in [3.05, 3.63) is 51.9 Å². The van der Waals surface area contributed by atoms with Crippen LogP contribution in [0.4, 0.5) is 0 Å². The maximum absolute atomic E-state index is 10.8. The number of nitrogens with one attached hydrogen (secondary N) is 2. The Morgan fingerprint density at radius 3 is 2.65 bits per heavy atom. The zero-order valence-electron chi connectivity index (χ0n) is 12.0. The summed E-state index contributed by atoms with van der Waals surface area (Å²) in [5.41, 5.74) is 2.47. The molecule has 0 atom stereocenters. The van der Waals surface area contributed by atoms with Crippen LogP contribution in [0.25, 0.3) is 11.5 Å². The normalized spacial score (nSPS) is 11.2. The molecule has 0 saturated heterocycles. The minimum Gasteiger partial charge on any atom is -0.478 e. The molecule has 0 saturated carbocycles. The van der Waals surface area contributed by atoms with Gasteiger partial charge in [-0.2, -0.15) is 20.0 Å². The molecule has 0 aliphatic carbocycles. The van der Waals surface area contributed by atoms with E-state index in [1.54, 1.807) is 18.3 Å². The molecular formula is C14H12N6O2S. The number of carboxylic acid groups (broad SMARTS) is 1. The molecular weight excluding hydrogens is 316 g/mol. The molecule has 2 heterocycles. The van der Waals surface area contributed by atoms with Crippen LogP contribution in [0.3, 0.4) is 0 Å². The minimum atomic E-state index is -0.971. The number of hydrogen-bond donors (Lipinski definition) is 3. The Kier molecular flexibility index (Phi) is 3.85. The van der Waals surface area contributed by atoms with Crippen LogP contribution >= 0.6 is 12.2 Å². The van der Waals surface area contributed by atoms with Crippen LogP contribution in [-0.4, -0.2) is 42.4 Å². The van der Waals surface area contributed by atoms with E-state index >= 15 is 0 Å². The lowest BCUT2D eigenvalue weighted by Crippen LogP contribution is -1.97. The lowest BCUT2D eigenvalue weighted by molar-refractivity contribution is 0.0697. The smallest absolute Gasteiger partial charge is 0.335 e. The van der Waals surface area contributed by atoms with Crippen molar-refractivity contribution in [3.63, 3.8) is 0 Å². The highest BCUT2D eigenvalue weighted by molar-refractivity contribution is 7.71. The molecule has 0 aliphatic heterocycles. The quantitative estimate of drug-likeness (QED) is 0.502. The van der Waals surface area contributed by atoms with Crippen LogP contribution in [0, 0.1) is 11.7 Å². The molecule has 8 nitrogen and oxygen atoms in total. The van der Waals surface area contributed by atoms with Crippen LogP contribution in [0.2, 0.25) is 0 Å². The van der Waals surface area contributed by atoms with Gasteiger partial charge in [0.1, 0.15) is 5.69 Å². The number of benzene rings is 1. The number of aromatic nitrogens is 5. The van der Waals surface area contributed by atoms with E-state index in [9.17, 15) is 4.79 Å². The summed E-state index contributed by atoms with van der Waals surface area (Å²) >= 11 is 5.17. The highest BCUT2D eigenvalue weighted by atomic mass is 32.1. The van der Waals surface area contributed by atoms with Gasteiger partial charge in [-0.1, -0.05) is 12.1 Å². The molecule has 9 heteroatoms. The molecule has 0 bridgehead atoms. The van der Waals surface area contributed by atoms with Gasteiger partial charge in [0, 0.05) is 5.69 Å². The molecule has 3 rings (SSSR count). The first-order chi connectivity index (χ1) is 11.0. The molecule has 0 fully saturated rings. The second kappa shape index (κ2) is 5.97. The summed E-state index contributed by atoms with van der Waals surface area (Å²) in [5, 5.41) is 26.9. The molecule has 3 aromatic rings. The van der Waals surface area contributed by atoms with Gasteiger partial charge in [-0.25, -0.2) is 9.89 Å². The summed E-state index contributed by atoms with van der Waals surface area (Å²) in [5.74, 6) is -0.487. The van der Waals surface area contributed by atoms with Crippen molar-refractivity contribution >= 4 is 24.4 Å². The standard InChI is InChI=1S/C14H12N6O2S/c1-8-6-11(17-16-8)12-18-19-14(23)20(12)15-7-9-2-4-10(5-3-9)13(21)22/h2-7H,1H3,(H,16,17)(H,19,23)(H,21,22). The molecule has 3 N–H and O–H groups in total. The van der Waals surface area contributed by atoms with Gasteiger partial charge in [0.15, 0.2) is 0 Å². The monoisotopic (exact) mass is 328 g/mol. The van der Waals surface area contributed by atoms with E-state index < -0.39 is 5.97 Å². The van der Waals surface area contributed by atoms with Gasteiger partial charge in [0.25, 0.3) is 0 Å². The first-order valence-electron chi connectivity index (χ1n) is 6.62. The summed E-state index contributed by atoms with van der Waals surface area (Å²) in [6, 6.07) is 8.18. The van der Waals surface area contributed by atoms with E-state index in [-0.39, 0.29) is 5.56 Å². The maximum atomic E-state index is 10.8. The molecule has 1 aromatic carbocycles. The Morgan fingerprint density at radius 2 is 2.04 bits per heavy atom. The number of carbonyl (C=O) groups is 1. The van der Waals surface area contributed by atoms with Crippen LogP contribution in [0.5, 0.6) is 0 Å². The lowest BCUT2D eigenvalue weighted by atomic mass is 10.1. The Morgan fingerprint density at radius 1 is 1.30 bits per heavy atom. The van der Waals surface area contributed by atoms with Crippen molar-refractivity contribution in [2.75, 3.05) is 0 Å². The zero-order chi connectivity index (χ0) is 16.4. The van der Waals surface area contributed by atoms with Gasteiger partial charge in [-0.05, 0) is 42.9 Å². The Bertz CT molecular complexity index is 935. The molecule has 2 aromatic heterocycles. The van der Waals surface area contributed by atoms with Gasteiger partial charge in [-0.15, -0.1) is 0 Å². The topological polar surface area (TPSA) is 112 Å². The average molecular weight is 328 g/mol. The van der Waals surface area contributed by atoms with E-state index in [0.717, 1.165) is 11.3 Å². The molecule has 0 radical (unpaired) electrons. The second-order valence-electron chi connectivity index (χ2n) is 4.77. The van der Waals surface area contributed by atoms with Gasteiger partial charge in [0.2, 0.25) is 10.6 Å². The number of aryl methyl sites for hydroxylation is 1. The van der Waals surface area contributed by atoms with E-state index in [1.165, 1.54) is 16.8 Å². The van der Waals surface area contributed by atoms with Gasteiger partial charge in [-0.3, -0.25) is 5.10 Å². The number of carboxylic acids is 1. The van der Waals surface area contributed by atoms with E-state index in [4.69, 9.17) is 17.3 Å². The zero-order valence-corrected chi connectivity index (χ0v) is 12.8. The lowest BCUT2D eigenvalue weighted by Gasteiger charge is -1.98. The number of hydrogen-bond acceptors (Lipinski definition) is 5. The second-order valence-corrected chi connectivity index (χ2v) is 5.16. The summed E-state index contributed by atoms with van der Waals surface area (Å²) in [6.07, 6.45) is 1.57. The fraction of sp³-hybridized carbons (Fsp3) is 0.0714. The van der Waals surface area contributed by atoms with Crippen molar-refractivity contribution in [2.45, 2.75) is 6.92 Å². The van der Waals surface area contributed by atoms with E-state index in [2.05, 4.69) is 25.5 Å². The number of nitrogens with zero attached hydrogens (tertiary/aromatic N) is 4. The van der Waals surface area contributed by atoms with Crippen molar-refractivity contribution in [3.8, 4) is 11.5 Å². The predicted molar refractivity (Wildman–Crippen MR) is 86.1 cm³/mol. The van der Waals surface area contributed by atoms with Crippen molar-refractivity contribution in [2.24, 2.45) is 5.10 Å². The molecule has 0 amide bonds.